The molecule has 144 valence electrons. The van der Waals surface area contributed by atoms with Crippen LogP contribution in [0.25, 0.3) is 11.4 Å². The maximum Gasteiger partial charge on any atom is 0.435 e. The Morgan fingerprint density at radius 1 is 1.22 bits per heavy atom. The number of pyridine rings is 1. The van der Waals surface area contributed by atoms with Gasteiger partial charge in [0, 0.05) is 24.4 Å². The third kappa shape index (κ3) is 5.02. The van der Waals surface area contributed by atoms with Crippen molar-refractivity contribution in [3.63, 3.8) is 0 Å². The number of hydrogen-bond acceptors (Lipinski definition) is 4. The van der Waals surface area contributed by atoms with Crippen molar-refractivity contribution in [2.75, 3.05) is 5.32 Å². The van der Waals surface area contributed by atoms with Gasteiger partial charge in [-0.3, -0.25) is 9.78 Å². The molecule has 0 bridgehead atoms. The molecule has 27 heavy (non-hydrogen) atoms. The van der Waals surface area contributed by atoms with Crippen molar-refractivity contribution in [3.8, 4) is 11.4 Å². The van der Waals surface area contributed by atoms with Gasteiger partial charge in [0.05, 0.1) is 11.9 Å². The van der Waals surface area contributed by atoms with Crippen LogP contribution in [0.2, 0.25) is 0 Å². The minimum absolute atomic E-state index is 0.0810. The number of nitrogens with one attached hydrogen (secondary N) is 1. The number of aryl methyl sites for hydroxylation is 1. The lowest BCUT2D eigenvalue weighted by Crippen LogP contribution is -2.19. The van der Waals surface area contributed by atoms with Crippen LogP contribution < -0.4 is 5.32 Å². The van der Waals surface area contributed by atoms with E-state index < -0.39 is 23.5 Å². The first kappa shape index (κ1) is 19.3. The molecule has 0 radical (unpaired) electrons. The van der Waals surface area contributed by atoms with Crippen molar-refractivity contribution in [1.82, 2.24) is 15.0 Å². The molecule has 2 aromatic rings. The largest absolute Gasteiger partial charge is 0.435 e. The summed E-state index contributed by atoms with van der Waals surface area (Å²) in [5, 5.41) is 2.33. The molecular formula is C19H21F3N4O. The molecule has 1 saturated carbocycles. The van der Waals surface area contributed by atoms with Crippen LogP contribution >= 0.6 is 0 Å². The maximum atomic E-state index is 13.4. The summed E-state index contributed by atoms with van der Waals surface area (Å²) in [5.41, 5.74) is -0.389. The van der Waals surface area contributed by atoms with E-state index in [1.54, 1.807) is 19.2 Å². The molecule has 2 aromatic heterocycles. The molecule has 0 unspecified atom stereocenters. The van der Waals surface area contributed by atoms with Crippen LogP contribution in [-0.4, -0.2) is 20.9 Å². The number of aromatic nitrogens is 3. The zero-order valence-electron chi connectivity index (χ0n) is 15.0. The normalized spacial score (nSPS) is 15.1. The molecule has 1 aliphatic rings. The molecule has 5 nitrogen and oxygen atoms in total. The first-order valence-corrected chi connectivity index (χ1v) is 8.99. The average molecular weight is 378 g/mol. The summed E-state index contributed by atoms with van der Waals surface area (Å²) in [6, 6.07) is 1.66. The number of halogens is 3. The zero-order valence-corrected chi connectivity index (χ0v) is 15.0. The zero-order chi connectivity index (χ0) is 19.4. The summed E-state index contributed by atoms with van der Waals surface area (Å²) in [7, 11) is 0. The van der Waals surface area contributed by atoms with Crippen molar-refractivity contribution >= 4 is 11.6 Å². The van der Waals surface area contributed by atoms with E-state index in [0.29, 0.717) is 17.9 Å². The maximum absolute atomic E-state index is 13.4. The Kier molecular flexibility index (Phi) is 5.72. The fourth-order valence-corrected chi connectivity index (χ4v) is 3.35. The number of amides is 1. The second-order valence-electron chi connectivity index (χ2n) is 6.94. The van der Waals surface area contributed by atoms with Gasteiger partial charge < -0.3 is 5.32 Å². The number of anilines is 1. The highest BCUT2D eigenvalue weighted by Gasteiger charge is 2.37. The molecule has 1 N–H and O–H groups in total. The van der Waals surface area contributed by atoms with Gasteiger partial charge in [0.1, 0.15) is 0 Å². The first-order chi connectivity index (χ1) is 12.8. The van der Waals surface area contributed by atoms with Gasteiger partial charge in [-0.05, 0) is 30.9 Å². The predicted octanol–water partition coefficient (Wildman–Crippen LogP) is 4.77. The summed E-state index contributed by atoms with van der Waals surface area (Å²) in [4.78, 5) is 23.7. The highest BCUT2D eigenvalue weighted by Crippen LogP contribution is 2.34. The van der Waals surface area contributed by atoms with Crippen molar-refractivity contribution in [1.29, 1.82) is 0 Å². The lowest BCUT2D eigenvalue weighted by Gasteiger charge is -2.14. The third-order valence-electron chi connectivity index (χ3n) is 4.72. The second kappa shape index (κ2) is 8.02. The Bertz CT molecular complexity index is 817. The van der Waals surface area contributed by atoms with Gasteiger partial charge in [0.2, 0.25) is 5.91 Å². The third-order valence-corrected chi connectivity index (χ3v) is 4.72. The molecule has 0 aromatic carbocycles. The molecule has 8 heteroatoms. The minimum atomic E-state index is -4.71. The molecule has 1 aliphatic carbocycles. The summed E-state index contributed by atoms with van der Waals surface area (Å²) in [6.07, 6.45) is 4.69. The highest BCUT2D eigenvalue weighted by atomic mass is 19.4. The van der Waals surface area contributed by atoms with Gasteiger partial charge in [0.15, 0.2) is 11.5 Å². The number of alkyl halides is 3. The van der Waals surface area contributed by atoms with Crippen LogP contribution in [-0.2, 0) is 11.0 Å². The lowest BCUT2D eigenvalue weighted by atomic mass is 10.0. The van der Waals surface area contributed by atoms with E-state index in [-0.39, 0.29) is 12.2 Å². The molecule has 3 rings (SSSR count). The van der Waals surface area contributed by atoms with Gasteiger partial charge in [-0.15, -0.1) is 0 Å². The van der Waals surface area contributed by atoms with E-state index >= 15 is 0 Å². The van der Waals surface area contributed by atoms with Crippen molar-refractivity contribution < 1.29 is 18.0 Å². The fraction of sp³-hybridized carbons (Fsp3) is 0.474. The number of hydrogen-bond donors (Lipinski definition) is 1. The molecule has 2 heterocycles. The lowest BCUT2D eigenvalue weighted by molar-refractivity contribution is -0.140. The Morgan fingerprint density at radius 2 is 1.96 bits per heavy atom. The molecule has 0 spiro atoms. The van der Waals surface area contributed by atoms with Crippen molar-refractivity contribution in [2.24, 2.45) is 5.92 Å². The average Bonchev–Trinajstić information content (AvgIpc) is 3.13. The standard InChI is InChI=1S/C19H21F3N4O/c1-12-8-14(10-23-9-12)18-24-11-15(17(26-18)19(20,21)22)25-16(27)7-6-13-4-2-3-5-13/h8-11,13H,2-7H2,1H3,(H,25,27). The number of carbonyl (C=O) groups excluding carboxylic acids is 1. The Balaban J connectivity index is 1.78. The van der Waals surface area contributed by atoms with Gasteiger partial charge in [0.25, 0.3) is 0 Å². The van der Waals surface area contributed by atoms with Crippen LogP contribution in [0.1, 0.15) is 49.8 Å². The monoisotopic (exact) mass is 378 g/mol. The van der Waals surface area contributed by atoms with Crippen LogP contribution in [0.15, 0.2) is 24.7 Å². The van der Waals surface area contributed by atoms with Crippen LogP contribution in [0.5, 0.6) is 0 Å². The van der Waals surface area contributed by atoms with Gasteiger partial charge >= 0.3 is 6.18 Å². The number of rotatable bonds is 5. The number of carbonyl (C=O) groups is 1. The molecular weight excluding hydrogens is 357 g/mol. The molecule has 0 saturated heterocycles. The van der Waals surface area contributed by atoms with E-state index in [2.05, 4.69) is 20.3 Å². The quantitative estimate of drug-likeness (QED) is 0.813. The van der Waals surface area contributed by atoms with Gasteiger partial charge in [-0.2, -0.15) is 13.2 Å². The topological polar surface area (TPSA) is 67.8 Å². The fourth-order valence-electron chi connectivity index (χ4n) is 3.35. The second-order valence-corrected chi connectivity index (χ2v) is 6.94. The molecule has 1 amide bonds. The molecule has 1 fully saturated rings. The van der Waals surface area contributed by atoms with Crippen LogP contribution in [0.3, 0.4) is 0 Å². The summed E-state index contributed by atoms with van der Waals surface area (Å²) in [6.45, 7) is 1.78. The summed E-state index contributed by atoms with van der Waals surface area (Å²) >= 11 is 0. The Labute approximate surface area is 155 Å². The smallest absolute Gasteiger partial charge is 0.323 e. The van der Waals surface area contributed by atoms with Crippen LogP contribution in [0, 0.1) is 12.8 Å². The Morgan fingerprint density at radius 3 is 2.63 bits per heavy atom. The first-order valence-electron chi connectivity index (χ1n) is 8.99. The molecule has 0 aliphatic heterocycles. The van der Waals surface area contributed by atoms with E-state index in [9.17, 15) is 18.0 Å². The van der Waals surface area contributed by atoms with Gasteiger partial charge in [-0.1, -0.05) is 25.7 Å². The van der Waals surface area contributed by atoms with E-state index in [4.69, 9.17) is 0 Å². The van der Waals surface area contributed by atoms with Crippen molar-refractivity contribution in [2.45, 2.75) is 51.6 Å². The van der Waals surface area contributed by atoms with Crippen LogP contribution in [0.4, 0.5) is 18.9 Å². The number of nitrogens with zero attached hydrogens (tertiary/aromatic N) is 3. The van der Waals surface area contributed by atoms with E-state index in [0.717, 1.165) is 37.4 Å². The van der Waals surface area contributed by atoms with E-state index in [1.165, 1.54) is 6.20 Å². The SMILES string of the molecule is Cc1cncc(-c2ncc(NC(=O)CCC3CCCC3)c(C(F)(F)F)n2)c1. The summed E-state index contributed by atoms with van der Waals surface area (Å²) < 4.78 is 40.3. The van der Waals surface area contributed by atoms with E-state index in [1.807, 2.05) is 0 Å². The Hall–Kier alpha value is -2.51. The highest BCUT2D eigenvalue weighted by molar-refractivity contribution is 5.91. The predicted molar refractivity (Wildman–Crippen MR) is 94.8 cm³/mol. The minimum Gasteiger partial charge on any atom is -0.323 e. The van der Waals surface area contributed by atoms with Crippen molar-refractivity contribution in [3.05, 3.63) is 35.9 Å². The molecule has 0 atom stereocenters. The van der Waals surface area contributed by atoms with Gasteiger partial charge in [-0.25, -0.2) is 9.97 Å². The summed E-state index contributed by atoms with van der Waals surface area (Å²) in [5.74, 6) is -0.0336.